The lowest BCUT2D eigenvalue weighted by molar-refractivity contribution is 0.246. The second kappa shape index (κ2) is 6.98. The van der Waals surface area contributed by atoms with Gasteiger partial charge in [-0.25, -0.2) is 9.97 Å². The van der Waals surface area contributed by atoms with E-state index in [1.54, 1.807) is 13.3 Å². The van der Waals surface area contributed by atoms with Gasteiger partial charge in [0.25, 0.3) is 0 Å². The third-order valence-corrected chi connectivity index (χ3v) is 4.53. The van der Waals surface area contributed by atoms with Gasteiger partial charge in [0.15, 0.2) is 0 Å². The first kappa shape index (κ1) is 15.7. The molecule has 25 heavy (non-hydrogen) atoms. The maximum absolute atomic E-state index is 5.36. The highest BCUT2D eigenvalue weighted by atomic mass is 16.5. The standard InChI is InChI=1S/C18H20N6O/c1-25-18-16-11-15(4-5-17(16)19-13-20-18)24-9-7-23(8-10-24)12-14-3-2-6-21-22-14/h2-6,11,13H,7-10,12H2,1H3. The van der Waals surface area contributed by atoms with Crippen molar-refractivity contribution in [3.05, 3.63) is 48.5 Å². The number of benzene rings is 1. The second-order valence-corrected chi connectivity index (χ2v) is 6.06. The van der Waals surface area contributed by atoms with E-state index in [0.717, 1.165) is 49.3 Å². The smallest absolute Gasteiger partial charge is 0.224 e. The summed E-state index contributed by atoms with van der Waals surface area (Å²) in [6.45, 7) is 4.79. The van der Waals surface area contributed by atoms with Gasteiger partial charge in [-0.3, -0.25) is 4.90 Å². The Bertz CT molecular complexity index is 849. The lowest BCUT2D eigenvalue weighted by Crippen LogP contribution is -2.46. The monoisotopic (exact) mass is 336 g/mol. The molecule has 0 atom stereocenters. The van der Waals surface area contributed by atoms with Gasteiger partial charge in [0.2, 0.25) is 5.88 Å². The van der Waals surface area contributed by atoms with Gasteiger partial charge in [-0.2, -0.15) is 10.2 Å². The van der Waals surface area contributed by atoms with Gasteiger partial charge in [0, 0.05) is 44.6 Å². The average molecular weight is 336 g/mol. The molecular weight excluding hydrogens is 316 g/mol. The van der Waals surface area contributed by atoms with Crippen LogP contribution in [0, 0.1) is 0 Å². The number of anilines is 1. The Kier molecular flexibility index (Phi) is 4.39. The normalized spacial score (nSPS) is 15.5. The van der Waals surface area contributed by atoms with Crippen molar-refractivity contribution in [1.82, 2.24) is 25.1 Å². The van der Waals surface area contributed by atoms with Crippen molar-refractivity contribution in [3.8, 4) is 5.88 Å². The van der Waals surface area contributed by atoms with E-state index >= 15 is 0 Å². The number of rotatable bonds is 4. The molecule has 0 amide bonds. The number of methoxy groups -OCH3 is 1. The van der Waals surface area contributed by atoms with Crippen molar-refractivity contribution in [1.29, 1.82) is 0 Å². The molecule has 7 nitrogen and oxygen atoms in total. The first-order chi connectivity index (χ1) is 12.3. The van der Waals surface area contributed by atoms with Gasteiger partial charge in [-0.1, -0.05) is 0 Å². The van der Waals surface area contributed by atoms with E-state index in [9.17, 15) is 0 Å². The molecule has 2 aromatic heterocycles. The van der Waals surface area contributed by atoms with Crippen LogP contribution in [0.25, 0.3) is 10.9 Å². The molecule has 0 radical (unpaired) electrons. The molecule has 0 spiro atoms. The fourth-order valence-electron chi connectivity index (χ4n) is 3.19. The molecule has 0 aliphatic carbocycles. The zero-order valence-corrected chi connectivity index (χ0v) is 14.2. The van der Waals surface area contributed by atoms with E-state index in [4.69, 9.17) is 4.74 Å². The fraction of sp³-hybridized carbons (Fsp3) is 0.333. The molecule has 1 fully saturated rings. The molecule has 1 aromatic carbocycles. The highest BCUT2D eigenvalue weighted by Crippen LogP contribution is 2.27. The lowest BCUT2D eigenvalue weighted by atomic mass is 10.2. The fourth-order valence-corrected chi connectivity index (χ4v) is 3.19. The molecule has 0 N–H and O–H groups in total. The van der Waals surface area contributed by atoms with E-state index in [-0.39, 0.29) is 0 Å². The summed E-state index contributed by atoms with van der Waals surface area (Å²) in [5.74, 6) is 0.619. The van der Waals surface area contributed by atoms with Crippen LogP contribution in [0.4, 0.5) is 5.69 Å². The molecule has 1 aliphatic heterocycles. The maximum Gasteiger partial charge on any atom is 0.224 e. The Hall–Kier alpha value is -2.80. The third-order valence-electron chi connectivity index (χ3n) is 4.53. The van der Waals surface area contributed by atoms with Crippen LogP contribution < -0.4 is 9.64 Å². The van der Waals surface area contributed by atoms with Crippen molar-refractivity contribution < 1.29 is 4.74 Å². The van der Waals surface area contributed by atoms with Crippen molar-refractivity contribution in [2.24, 2.45) is 0 Å². The number of ether oxygens (including phenoxy) is 1. The van der Waals surface area contributed by atoms with Crippen LogP contribution in [-0.2, 0) is 6.54 Å². The Morgan fingerprint density at radius 2 is 1.96 bits per heavy atom. The van der Waals surface area contributed by atoms with Gasteiger partial charge < -0.3 is 9.64 Å². The summed E-state index contributed by atoms with van der Waals surface area (Å²) in [7, 11) is 1.64. The Labute approximate surface area is 146 Å². The van der Waals surface area contributed by atoms with E-state index in [2.05, 4.69) is 42.1 Å². The van der Waals surface area contributed by atoms with Crippen LogP contribution in [-0.4, -0.2) is 58.4 Å². The van der Waals surface area contributed by atoms with Crippen LogP contribution in [0.15, 0.2) is 42.9 Å². The first-order valence-electron chi connectivity index (χ1n) is 8.36. The molecule has 7 heteroatoms. The predicted octanol–water partition coefficient (Wildman–Crippen LogP) is 1.75. The Morgan fingerprint density at radius 1 is 1.08 bits per heavy atom. The number of hydrogen-bond donors (Lipinski definition) is 0. The highest BCUT2D eigenvalue weighted by Gasteiger charge is 2.18. The van der Waals surface area contributed by atoms with Crippen molar-refractivity contribution in [2.75, 3.05) is 38.2 Å². The molecule has 3 aromatic rings. The van der Waals surface area contributed by atoms with Gasteiger partial charge in [-0.05, 0) is 30.3 Å². The van der Waals surface area contributed by atoms with E-state index < -0.39 is 0 Å². The summed E-state index contributed by atoms with van der Waals surface area (Å²) in [6, 6.07) is 10.2. The average Bonchev–Trinajstić information content (AvgIpc) is 2.68. The minimum Gasteiger partial charge on any atom is -0.480 e. The summed E-state index contributed by atoms with van der Waals surface area (Å²) in [5.41, 5.74) is 3.10. The van der Waals surface area contributed by atoms with Gasteiger partial charge in [-0.15, -0.1) is 0 Å². The first-order valence-corrected chi connectivity index (χ1v) is 8.36. The topological polar surface area (TPSA) is 67.3 Å². The largest absolute Gasteiger partial charge is 0.480 e. The van der Waals surface area contributed by atoms with Crippen molar-refractivity contribution in [2.45, 2.75) is 6.54 Å². The predicted molar refractivity (Wildman–Crippen MR) is 95.6 cm³/mol. The number of hydrogen-bond acceptors (Lipinski definition) is 7. The zero-order chi connectivity index (χ0) is 17.1. The van der Waals surface area contributed by atoms with Crippen LogP contribution >= 0.6 is 0 Å². The van der Waals surface area contributed by atoms with Crippen molar-refractivity contribution in [3.63, 3.8) is 0 Å². The molecular formula is C18H20N6O. The van der Waals surface area contributed by atoms with Crippen LogP contribution in [0.2, 0.25) is 0 Å². The summed E-state index contributed by atoms with van der Waals surface area (Å²) in [6.07, 6.45) is 3.24. The Balaban J connectivity index is 1.46. The summed E-state index contributed by atoms with van der Waals surface area (Å²) < 4.78 is 5.36. The third kappa shape index (κ3) is 3.36. The number of piperazine rings is 1. The second-order valence-electron chi connectivity index (χ2n) is 6.06. The minimum atomic E-state index is 0.619. The number of fused-ring (bicyclic) bond motifs is 1. The SMILES string of the molecule is COc1ncnc2ccc(N3CCN(Cc4cccnn4)CC3)cc12. The summed E-state index contributed by atoms with van der Waals surface area (Å²) in [5, 5.41) is 9.07. The quantitative estimate of drug-likeness (QED) is 0.719. The van der Waals surface area contributed by atoms with Crippen LogP contribution in [0.5, 0.6) is 5.88 Å². The molecule has 1 saturated heterocycles. The van der Waals surface area contributed by atoms with Gasteiger partial charge in [0.05, 0.1) is 23.7 Å². The van der Waals surface area contributed by atoms with Crippen LogP contribution in [0.1, 0.15) is 5.69 Å². The van der Waals surface area contributed by atoms with E-state index in [0.29, 0.717) is 5.88 Å². The van der Waals surface area contributed by atoms with Gasteiger partial charge >= 0.3 is 0 Å². The highest BCUT2D eigenvalue weighted by molar-refractivity contribution is 5.86. The molecule has 0 bridgehead atoms. The van der Waals surface area contributed by atoms with Gasteiger partial charge in [0.1, 0.15) is 6.33 Å². The molecule has 4 rings (SSSR count). The number of aromatic nitrogens is 4. The molecule has 0 unspecified atom stereocenters. The van der Waals surface area contributed by atoms with E-state index in [1.807, 2.05) is 18.2 Å². The van der Waals surface area contributed by atoms with Crippen LogP contribution in [0.3, 0.4) is 0 Å². The lowest BCUT2D eigenvalue weighted by Gasteiger charge is -2.36. The summed E-state index contributed by atoms with van der Waals surface area (Å²) >= 11 is 0. The van der Waals surface area contributed by atoms with Crippen molar-refractivity contribution >= 4 is 16.6 Å². The molecule has 128 valence electrons. The number of nitrogens with zero attached hydrogens (tertiary/aromatic N) is 6. The Morgan fingerprint density at radius 3 is 2.72 bits per heavy atom. The molecule has 0 saturated carbocycles. The minimum absolute atomic E-state index is 0.619. The summed E-state index contributed by atoms with van der Waals surface area (Å²) in [4.78, 5) is 13.3. The maximum atomic E-state index is 5.36. The zero-order valence-electron chi connectivity index (χ0n) is 14.2. The molecule has 1 aliphatic rings. The molecule has 3 heterocycles. The van der Waals surface area contributed by atoms with E-state index in [1.165, 1.54) is 12.0 Å².